The predicted molar refractivity (Wildman–Crippen MR) is 260 cm³/mol. The van der Waals surface area contributed by atoms with E-state index in [2.05, 4.69) is 72.3 Å². The molecule has 16 heteroatoms. The van der Waals surface area contributed by atoms with E-state index in [9.17, 15) is 33.1 Å². The Labute approximate surface area is 393 Å². The first-order valence-electron chi connectivity index (χ1n) is 23.1. The van der Waals surface area contributed by atoms with Gasteiger partial charge in [0.1, 0.15) is 29.4 Å². The Bertz CT molecular complexity index is 1840. The zero-order valence-corrected chi connectivity index (χ0v) is 40.4. The van der Waals surface area contributed by atoms with E-state index < -0.39 is 24.0 Å². The molecule has 3 fully saturated rings. The number of amides is 1. The third kappa shape index (κ3) is 21.5. The van der Waals surface area contributed by atoms with Crippen LogP contribution in [-0.2, 0) is 28.7 Å². The maximum Gasteiger partial charge on any atom is 0.305 e. The molecule has 1 amide bonds. The number of aliphatic imine (C=N–C) groups is 1. The molecule has 3 atom stereocenters. The largest absolute Gasteiger partial charge is 0.481 e. The van der Waals surface area contributed by atoms with Crippen molar-refractivity contribution >= 4 is 41.0 Å². The lowest BCUT2D eigenvalue weighted by Crippen LogP contribution is -2.39. The van der Waals surface area contributed by atoms with E-state index in [1.807, 2.05) is 6.07 Å². The summed E-state index contributed by atoms with van der Waals surface area (Å²) in [6.45, 7) is 28.3. The van der Waals surface area contributed by atoms with Gasteiger partial charge in [-0.15, -0.1) is 0 Å². The van der Waals surface area contributed by atoms with E-state index in [-0.39, 0.29) is 53.9 Å². The normalized spacial score (nSPS) is 18.7. The number of carbonyl (C=O) groups is 4. The Kier molecular flexibility index (Phi) is 25.2. The number of carbonyl (C=O) groups excluding carboxylic acids is 3. The molecule has 2 aromatic rings. The van der Waals surface area contributed by atoms with E-state index >= 15 is 0 Å². The Hall–Kier alpha value is -4.35. The highest BCUT2D eigenvalue weighted by Crippen LogP contribution is 2.34. The Morgan fingerprint density at radius 1 is 0.833 bits per heavy atom. The number of benzene rings is 2. The van der Waals surface area contributed by atoms with Gasteiger partial charge in [-0.25, -0.2) is 8.78 Å². The second kappa shape index (κ2) is 28.7. The Morgan fingerprint density at radius 3 is 1.83 bits per heavy atom. The van der Waals surface area contributed by atoms with Crippen LogP contribution in [0.1, 0.15) is 113 Å². The van der Waals surface area contributed by atoms with Gasteiger partial charge in [0, 0.05) is 95.1 Å². The molecule has 3 aliphatic heterocycles. The number of nitrogens with zero attached hydrogens (tertiary/aromatic N) is 4. The number of hydrogen-bond donors (Lipinski definition) is 4. The first kappa shape index (κ1) is 57.8. The van der Waals surface area contributed by atoms with Gasteiger partial charge in [-0.3, -0.25) is 34.5 Å². The van der Waals surface area contributed by atoms with Crippen molar-refractivity contribution in [2.24, 2.45) is 21.7 Å². The van der Waals surface area contributed by atoms with Crippen molar-refractivity contribution in [1.29, 1.82) is 0 Å². The second-order valence-electron chi connectivity index (χ2n) is 19.5. The van der Waals surface area contributed by atoms with Gasteiger partial charge in [0.25, 0.3) is 0 Å². The topological polar surface area (TPSA) is 165 Å². The molecule has 5 rings (SSSR count). The minimum Gasteiger partial charge on any atom is -0.481 e. The highest BCUT2D eigenvalue weighted by atomic mass is 19.1. The number of nitrogens with one attached hydrogen (secondary N) is 3. The molecule has 0 radical (unpaired) electrons. The second-order valence-corrected chi connectivity index (χ2v) is 19.5. The van der Waals surface area contributed by atoms with Crippen LogP contribution in [0.5, 0.6) is 0 Å². The number of rotatable bonds is 19. The summed E-state index contributed by atoms with van der Waals surface area (Å²) >= 11 is 0. The summed E-state index contributed by atoms with van der Waals surface area (Å²) in [6, 6.07) is 9.10. The number of ether oxygens (including phenoxy) is 2. The molecule has 372 valence electrons. The van der Waals surface area contributed by atoms with E-state index in [0.717, 1.165) is 77.4 Å². The van der Waals surface area contributed by atoms with Crippen LogP contribution in [0.25, 0.3) is 0 Å². The smallest absolute Gasteiger partial charge is 0.305 e. The number of anilines is 2. The molecular formula is C50H81F2N7O7. The average molecular weight is 930 g/mol. The fraction of sp³-hybridized carbons (Fsp3) is 0.660. The van der Waals surface area contributed by atoms with Crippen molar-refractivity contribution in [1.82, 2.24) is 20.0 Å². The van der Waals surface area contributed by atoms with Crippen molar-refractivity contribution in [3.63, 3.8) is 0 Å². The van der Waals surface area contributed by atoms with Gasteiger partial charge in [0.2, 0.25) is 5.91 Å². The van der Waals surface area contributed by atoms with E-state index in [0.29, 0.717) is 56.2 Å². The van der Waals surface area contributed by atoms with Gasteiger partial charge < -0.3 is 34.9 Å². The van der Waals surface area contributed by atoms with E-state index in [4.69, 9.17) is 9.47 Å². The number of para-hydroxylation sites is 2. The Morgan fingerprint density at radius 2 is 1.35 bits per heavy atom. The van der Waals surface area contributed by atoms with Gasteiger partial charge in [-0.1, -0.05) is 80.2 Å². The number of ketones is 2. The molecule has 4 N–H and O–H groups in total. The van der Waals surface area contributed by atoms with Gasteiger partial charge >= 0.3 is 5.97 Å². The lowest BCUT2D eigenvalue weighted by Gasteiger charge is -2.30. The van der Waals surface area contributed by atoms with Gasteiger partial charge in [0.15, 0.2) is 0 Å². The van der Waals surface area contributed by atoms with Gasteiger partial charge in [-0.2, -0.15) is 0 Å². The molecule has 0 aromatic heterocycles. The molecule has 2 unspecified atom stereocenters. The van der Waals surface area contributed by atoms with Crippen molar-refractivity contribution in [2.45, 2.75) is 108 Å². The van der Waals surface area contributed by atoms with Crippen molar-refractivity contribution in [2.75, 3.05) is 103 Å². The number of carboxylic acid groups (broad SMARTS) is 1. The molecule has 0 spiro atoms. The molecule has 3 heterocycles. The van der Waals surface area contributed by atoms with Crippen LogP contribution in [0.4, 0.5) is 20.2 Å². The molecule has 3 saturated heterocycles. The monoisotopic (exact) mass is 930 g/mol. The number of Topliss-reactive ketones (excluding diaryl/α,β-unsaturated/α-hetero) is 2. The molecule has 2 aromatic carbocycles. The summed E-state index contributed by atoms with van der Waals surface area (Å²) in [7, 11) is 0. The highest BCUT2D eigenvalue weighted by Gasteiger charge is 2.42. The molecular weight excluding hydrogens is 849 g/mol. The van der Waals surface area contributed by atoms with Crippen LogP contribution in [-0.4, -0.2) is 147 Å². The zero-order chi connectivity index (χ0) is 48.2. The lowest BCUT2D eigenvalue weighted by molar-refractivity contribution is -0.140. The fourth-order valence-electron chi connectivity index (χ4n) is 7.21. The highest BCUT2D eigenvalue weighted by molar-refractivity contribution is 5.89. The summed E-state index contributed by atoms with van der Waals surface area (Å²) in [5, 5.41) is 18.8. The van der Waals surface area contributed by atoms with E-state index in [1.54, 1.807) is 36.2 Å². The summed E-state index contributed by atoms with van der Waals surface area (Å²) in [5.41, 5.74) is 2.58. The van der Waals surface area contributed by atoms with Crippen molar-refractivity contribution in [3.05, 3.63) is 59.2 Å². The van der Waals surface area contributed by atoms with E-state index in [1.165, 1.54) is 26.0 Å². The minimum absolute atomic E-state index is 0. The zero-order valence-electron chi connectivity index (χ0n) is 40.4. The molecule has 66 heavy (non-hydrogen) atoms. The third-order valence-corrected chi connectivity index (χ3v) is 11.3. The van der Waals surface area contributed by atoms with Crippen LogP contribution < -0.4 is 16.0 Å². The minimum atomic E-state index is -1.05. The number of morpholine rings is 2. The first-order chi connectivity index (χ1) is 30.6. The third-order valence-electron chi connectivity index (χ3n) is 11.3. The quantitative estimate of drug-likeness (QED) is 0.103. The number of carboxylic acids is 1. The summed E-state index contributed by atoms with van der Waals surface area (Å²) < 4.78 is 39.7. The standard InChI is InChI=1S/C23H35FN4O4.C19H30FN3O.C7H12O2.CH4/c1-23(2,3)7-9-28-21(26-18(22(28)31)15-19(29)30)16-5-4-6-17(24)20(16)25-8-10-27-11-13-32-14-12-27;1-19(2,3)7-8-21-15-16-5-4-6-17(20)18(16)22-9-10-23-11-13-24-14-12-23;1-5(7(3)9)4-6(2)8;/h4-6,18,21,25-26H,7-15H2,1-3H3,(H,29,30);4-6,15,22H,7-14H2,1-3H3;5H,4H2,1-3H3;1H4/t;;5-;/m..0./s1. The van der Waals surface area contributed by atoms with Crippen LogP contribution >= 0.6 is 0 Å². The molecule has 0 bridgehead atoms. The average Bonchev–Trinajstić information content (AvgIpc) is 3.53. The predicted octanol–water partition coefficient (Wildman–Crippen LogP) is 7.53. The van der Waals surface area contributed by atoms with Gasteiger partial charge in [-0.05, 0) is 49.7 Å². The Balaban J connectivity index is 0.000000388. The summed E-state index contributed by atoms with van der Waals surface area (Å²) in [4.78, 5) is 55.9. The van der Waals surface area contributed by atoms with Crippen LogP contribution in [0.15, 0.2) is 41.4 Å². The maximum absolute atomic E-state index is 14.9. The van der Waals surface area contributed by atoms with Crippen LogP contribution in [0.2, 0.25) is 0 Å². The number of hydrogen-bond acceptors (Lipinski definition) is 12. The molecule has 3 aliphatic rings. The SMILES string of the molecule is C.CC(=O)C[C@H](C)C(C)=O.CC(C)(C)CCN1C(=O)C(CC(=O)O)NC1c1cccc(F)c1NCCN1CCOCC1.CC(C)(C)CCN=Cc1cccc(F)c1NCCN1CCOCC1. The number of halogens is 2. The first-order valence-corrected chi connectivity index (χ1v) is 23.1. The molecule has 0 aliphatic carbocycles. The fourth-order valence-corrected chi connectivity index (χ4v) is 7.21. The van der Waals surface area contributed by atoms with Crippen molar-refractivity contribution in [3.8, 4) is 0 Å². The van der Waals surface area contributed by atoms with Crippen LogP contribution in [0.3, 0.4) is 0 Å². The lowest BCUT2D eigenvalue weighted by atomic mass is 9.92. The van der Waals surface area contributed by atoms with Crippen LogP contribution in [0, 0.1) is 28.4 Å². The summed E-state index contributed by atoms with van der Waals surface area (Å²) in [6.07, 6.45) is 3.03. The molecule has 0 saturated carbocycles. The number of aliphatic carboxylic acids is 1. The maximum atomic E-state index is 14.9. The summed E-state index contributed by atoms with van der Waals surface area (Å²) in [5.74, 6) is -1.85. The van der Waals surface area contributed by atoms with Gasteiger partial charge in [0.05, 0.1) is 50.3 Å². The molecule has 14 nitrogen and oxygen atoms in total. The van der Waals surface area contributed by atoms with Crippen molar-refractivity contribution < 1.29 is 42.5 Å².